The third-order valence-corrected chi connectivity index (χ3v) is 6.58. The molecule has 5 rings (SSSR count). The summed E-state index contributed by atoms with van der Waals surface area (Å²) in [6.45, 7) is 6.48. The number of allylic oxidation sites excluding steroid dienone is 1. The summed E-state index contributed by atoms with van der Waals surface area (Å²) in [5.41, 5.74) is 4.42. The van der Waals surface area contributed by atoms with Gasteiger partial charge < -0.3 is 19.9 Å². The lowest BCUT2D eigenvalue weighted by Gasteiger charge is -2.38. The van der Waals surface area contributed by atoms with E-state index in [1.807, 2.05) is 47.7 Å². The van der Waals surface area contributed by atoms with E-state index in [0.29, 0.717) is 31.8 Å². The Kier molecular flexibility index (Phi) is 5.73. The van der Waals surface area contributed by atoms with E-state index in [-0.39, 0.29) is 11.7 Å². The normalized spacial score (nSPS) is 17.9. The molecule has 1 N–H and O–H groups in total. The topological polar surface area (TPSA) is 62.6 Å². The molecule has 0 saturated carbocycles. The molecule has 1 unspecified atom stereocenters. The molecule has 176 valence electrons. The summed E-state index contributed by atoms with van der Waals surface area (Å²) < 4.78 is 20.9. The zero-order chi connectivity index (χ0) is 23.8. The minimum absolute atomic E-state index is 0.0162. The Morgan fingerprint density at radius 2 is 1.79 bits per heavy atom. The summed E-state index contributed by atoms with van der Waals surface area (Å²) in [7, 11) is 1.65. The highest BCUT2D eigenvalue weighted by Gasteiger charge is 2.37. The number of amides is 1. The molecule has 0 bridgehead atoms. The fourth-order valence-electron chi connectivity index (χ4n) is 4.80. The number of halogens is 1. The highest BCUT2D eigenvalue weighted by atomic mass is 19.1. The van der Waals surface area contributed by atoms with Crippen LogP contribution in [0.1, 0.15) is 24.1 Å². The largest absolute Gasteiger partial charge is 0.496 e. The molecule has 34 heavy (non-hydrogen) atoms. The van der Waals surface area contributed by atoms with Crippen molar-refractivity contribution in [1.82, 2.24) is 14.7 Å². The number of aromatic nitrogens is 2. The summed E-state index contributed by atoms with van der Waals surface area (Å²) in [5.74, 6) is 1.30. The third kappa shape index (κ3) is 3.89. The Morgan fingerprint density at radius 3 is 2.50 bits per heavy atom. The van der Waals surface area contributed by atoms with Crippen LogP contribution in [0.25, 0.3) is 0 Å². The van der Waals surface area contributed by atoms with Gasteiger partial charge in [0.25, 0.3) is 5.91 Å². The second kappa shape index (κ2) is 8.85. The van der Waals surface area contributed by atoms with Gasteiger partial charge in [-0.05, 0) is 49.7 Å². The van der Waals surface area contributed by atoms with E-state index >= 15 is 0 Å². The van der Waals surface area contributed by atoms with Crippen molar-refractivity contribution < 1.29 is 13.9 Å². The molecule has 2 aliphatic rings. The number of nitrogens with one attached hydrogen (secondary N) is 1. The molecule has 7 nitrogen and oxygen atoms in total. The van der Waals surface area contributed by atoms with Crippen LogP contribution in [0.3, 0.4) is 0 Å². The second-order valence-electron chi connectivity index (χ2n) is 8.73. The maximum absolute atomic E-state index is 13.9. The Balaban J connectivity index is 1.44. The molecular formula is C26H28FN5O2. The average Bonchev–Trinajstić information content (AvgIpc) is 3.31. The van der Waals surface area contributed by atoms with Gasteiger partial charge in [0.15, 0.2) is 0 Å². The number of carbonyl (C=O) groups excluding carboxylic acids is 1. The van der Waals surface area contributed by atoms with Gasteiger partial charge in [0.2, 0.25) is 0 Å². The van der Waals surface area contributed by atoms with E-state index < -0.39 is 6.04 Å². The first-order chi connectivity index (χ1) is 16.5. The van der Waals surface area contributed by atoms with Crippen LogP contribution in [0.4, 0.5) is 15.9 Å². The van der Waals surface area contributed by atoms with Gasteiger partial charge in [0.05, 0.1) is 18.9 Å². The maximum atomic E-state index is 13.9. The first kappa shape index (κ1) is 22.0. The van der Waals surface area contributed by atoms with Crippen LogP contribution in [-0.4, -0.2) is 53.9 Å². The van der Waals surface area contributed by atoms with Gasteiger partial charge in [-0.25, -0.2) is 9.07 Å². The molecule has 1 fully saturated rings. The lowest BCUT2D eigenvalue weighted by molar-refractivity contribution is -0.128. The first-order valence-electron chi connectivity index (χ1n) is 11.4. The number of nitrogens with zero attached hydrogens (tertiary/aromatic N) is 4. The van der Waals surface area contributed by atoms with Crippen molar-refractivity contribution in [3.8, 4) is 5.75 Å². The second-order valence-corrected chi connectivity index (χ2v) is 8.73. The number of fused-ring (bicyclic) bond motifs is 1. The summed E-state index contributed by atoms with van der Waals surface area (Å²) in [6.07, 6.45) is 1.73. The number of anilines is 2. The van der Waals surface area contributed by atoms with Crippen LogP contribution >= 0.6 is 0 Å². The van der Waals surface area contributed by atoms with E-state index in [4.69, 9.17) is 4.74 Å². The summed E-state index contributed by atoms with van der Waals surface area (Å²) in [5, 5.41) is 7.88. The monoisotopic (exact) mass is 461 g/mol. The SMILES string of the molecule is COc1cc(C)ccc1C1C(C(=O)N2CCN(c3ccc(F)cc3)CC2)=C(C)Nc2ccnn21. The van der Waals surface area contributed by atoms with Crippen molar-refractivity contribution in [2.75, 3.05) is 43.5 Å². The molecule has 2 aromatic carbocycles. The Hall–Kier alpha value is -3.81. The zero-order valence-corrected chi connectivity index (χ0v) is 19.6. The number of aryl methyl sites for hydroxylation is 1. The average molecular weight is 462 g/mol. The molecule has 1 aromatic heterocycles. The maximum Gasteiger partial charge on any atom is 0.254 e. The third-order valence-electron chi connectivity index (χ3n) is 6.58. The fraction of sp³-hybridized carbons (Fsp3) is 0.308. The van der Waals surface area contributed by atoms with Crippen molar-refractivity contribution in [3.63, 3.8) is 0 Å². The number of rotatable bonds is 4. The van der Waals surface area contributed by atoms with Gasteiger partial charge in [-0.15, -0.1) is 0 Å². The van der Waals surface area contributed by atoms with E-state index in [1.54, 1.807) is 25.4 Å². The van der Waals surface area contributed by atoms with Crippen LogP contribution in [0.15, 0.2) is 66.0 Å². The molecule has 3 heterocycles. The Labute approximate surface area is 198 Å². The van der Waals surface area contributed by atoms with Gasteiger partial charge in [-0.1, -0.05) is 12.1 Å². The van der Waals surface area contributed by atoms with Crippen molar-refractivity contribution in [1.29, 1.82) is 0 Å². The highest BCUT2D eigenvalue weighted by molar-refractivity contribution is 5.97. The van der Waals surface area contributed by atoms with E-state index in [1.165, 1.54) is 12.1 Å². The molecule has 0 aliphatic carbocycles. The number of hydrogen-bond acceptors (Lipinski definition) is 5. The molecular weight excluding hydrogens is 433 g/mol. The number of methoxy groups -OCH3 is 1. The number of ether oxygens (including phenoxy) is 1. The highest BCUT2D eigenvalue weighted by Crippen LogP contribution is 2.40. The lowest BCUT2D eigenvalue weighted by Crippen LogP contribution is -2.50. The minimum Gasteiger partial charge on any atom is -0.496 e. The molecule has 2 aliphatic heterocycles. The molecule has 0 spiro atoms. The van der Waals surface area contributed by atoms with E-state index in [9.17, 15) is 9.18 Å². The van der Waals surface area contributed by atoms with Gasteiger partial charge >= 0.3 is 0 Å². The zero-order valence-electron chi connectivity index (χ0n) is 19.6. The Morgan fingerprint density at radius 1 is 1.06 bits per heavy atom. The van der Waals surface area contributed by atoms with Gasteiger partial charge in [0, 0.05) is 49.2 Å². The van der Waals surface area contributed by atoms with Crippen LogP contribution in [0, 0.1) is 12.7 Å². The first-order valence-corrected chi connectivity index (χ1v) is 11.4. The Bertz CT molecular complexity index is 1240. The van der Waals surface area contributed by atoms with E-state index in [0.717, 1.165) is 34.1 Å². The van der Waals surface area contributed by atoms with E-state index in [2.05, 4.69) is 15.3 Å². The standard InChI is InChI=1S/C26H28FN5O2/c1-17-4-9-21(22(16-17)34-3)25-24(18(2)29-23-10-11-28-32(23)25)26(33)31-14-12-30(13-15-31)20-7-5-19(27)6-8-20/h4-11,16,25,29H,12-15H2,1-3H3. The van der Waals surface area contributed by atoms with Crippen LogP contribution in [0.5, 0.6) is 5.75 Å². The lowest BCUT2D eigenvalue weighted by atomic mass is 9.92. The van der Waals surface area contributed by atoms with Crippen molar-refractivity contribution >= 4 is 17.4 Å². The van der Waals surface area contributed by atoms with Gasteiger partial charge in [0.1, 0.15) is 23.4 Å². The van der Waals surface area contributed by atoms with Crippen molar-refractivity contribution in [2.45, 2.75) is 19.9 Å². The molecule has 3 aromatic rings. The number of carbonyl (C=O) groups is 1. The minimum atomic E-state index is -0.399. The van der Waals surface area contributed by atoms with Crippen molar-refractivity contribution in [3.05, 3.63) is 82.9 Å². The predicted molar refractivity (Wildman–Crippen MR) is 130 cm³/mol. The molecule has 1 amide bonds. The molecule has 8 heteroatoms. The fourth-order valence-corrected chi connectivity index (χ4v) is 4.80. The predicted octanol–water partition coefficient (Wildman–Crippen LogP) is 3.98. The number of hydrogen-bond donors (Lipinski definition) is 1. The van der Waals surface area contributed by atoms with Gasteiger partial charge in [-0.2, -0.15) is 5.10 Å². The summed E-state index contributed by atoms with van der Waals surface area (Å²) >= 11 is 0. The number of piperazine rings is 1. The van der Waals surface area contributed by atoms with Gasteiger partial charge in [-0.3, -0.25) is 4.79 Å². The van der Waals surface area contributed by atoms with Crippen LogP contribution in [-0.2, 0) is 4.79 Å². The summed E-state index contributed by atoms with van der Waals surface area (Å²) in [4.78, 5) is 18.0. The molecule has 0 radical (unpaired) electrons. The van der Waals surface area contributed by atoms with Crippen LogP contribution in [0.2, 0.25) is 0 Å². The van der Waals surface area contributed by atoms with Crippen LogP contribution < -0.4 is 15.0 Å². The quantitative estimate of drug-likeness (QED) is 0.637. The molecule has 1 saturated heterocycles. The van der Waals surface area contributed by atoms with Crippen molar-refractivity contribution in [2.24, 2.45) is 0 Å². The summed E-state index contributed by atoms with van der Waals surface area (Å²) in [6, 6.07) is 14.0. The number of benzene rings is 2. The molecule has 1 atom stereocenters. The smallest absolute Gasteiger partial charge is 0.254 e.